The lowest BCUT2D eigenvalue weighted by molar-refractivity contribution is 0.0690. The van der Waals surface area contributed by atoms with E-state index in [0.29, 0.717) is 29.2 Å². The molecule has 2 aliphatic rings. The molecule has 1 atom stereocenters. The molecule has 2 fully saturated rings. The number of rotatable bonds is 6. The van der Waals surface area contributed by atoms with Crippen LogP contribution >= 0.6 is 12.4 Å². The van der Waals surface area contributed by atoms with Crippen LogP contribution in [0.1, 0.15) is 23.3 Å². The third kappa shape index (κ3) is 5.20. The molecule has 14 heteroatoms. The summed E-state index contributed by atoms with van der Waals surface area (Å²) in [6.45, 7) is 6.25. The van der Waals surface area contributed by atoms with E-state index in [1.165, 1.54) is 4.52 Å². The van der Waals surface area contributed by atoms with Gasteiger partial charge in [-0.15, -0.1) is 17.5 Å². The van der Waals surface area contributed by atoms with Crippen molar-refractivity contribution in [3.63, 3.8) is 0 Å². The number of carboxylic acids is 1. The summed E-state index contributed by atoms with van der Waals surface area (Å²) in [6, 6.07) is 7.09. The lowest BCUT2D eigenvalue weighted by Crippen LogP contribution is -2.50. The Bertz CT molecular complexity index is 1400. The molecular formula is C24H29ClN10O3. The van der Waals surface area contributed by atoms with Crippen molar-refractivity contribution in [3.8, 4) is 11.6 Å². The summed E-state index contributed by atoms with van der Waals surface area (Å²) in [4.78, 5) is 35.7. The highest BCUT2D eigenvalue weighted by Gasteiger charge is 2.27. The number of aromatic nitrogens is 6. The molecule has 1 unspecified atom stereocenters. The molecule has 13 nitrogen and oxygen atoms in total. The van der Waals surface area contributed by atoms with Gasteiger partial charge >= 0.3 is 5.97 Å². The molecule has 0 amide bonds. The van der Waals surface area contributed by atoms with E-state index >= 15 is 0 Å². The Kier molecular flexibility index (Phi) is 7.29. The number of carboxylic acid groups (broad SMARTS) is 1. The van der Waals surface area contributed by atoms with Gasteiger partial charge in [0.15, 0.2) is 5.76 Å². The fourth-order valence-electron chi connectivity index (χ4n) is 5.13. The number of fused-ring (bicyclic) bond motifs is 1. The van der Waals surface area contributed by atoms with Gasteiger partial charge in [0.1, 0.15) is 5.69 Å². The van der Waals surface area contributed by atoms with Crippen molar-refractivity contribution in [2.75, 3.05) is 61.3 Å². The molecular weight excluding hydrogens is 512 g/mol. The first-order chi connectivity index (χ1) is 18.0. The summed E-state index contributed by atoms with van der Waals surface area (Å²) in [5, 5.41) is 13.6. The van der Waals surface area contributed by atoms with E-state index in [4.69, 9.17) is 10.2 Å². The van der Waals surface area contributed by atoms with Crippen LogP contribution in [0, 0.1) is 5.92 Å². The van der Waals surface area contributed by atoms with Crippen molar-refractivity contribution in [2.45, 2.75) is 12.8 Å². The lowest BCUT2D eigenvalue weighted by Gasteiger charge is -2.40. The Morgan fingerprint density at radius 1 is 1.11 bits per heavy atom. The van der Waals surface area contributed by atoms with Crippen LogP contribution in [0.25, 0.3) is 17.4 Å². The number of aromatic carboxylic acids is 1. The molecule has 6 heterocycles. The Balaban J connectivity index is 0.00000294. The van der Waals surface area contributed by atoms with Gasteiger partial charge < -0.3 is 25.1 Å². The number of hydrogen-bond acceptors (Lipinski definition) is 11. The monoisotopic (exact) mass is 540 g/mol. The quantitative estimate of drug-likeness (QED) is 0.367. The minimum Gasteiger partial charge on any atom is -0.477 e. The second-order valence-electron chi connectivity index (χ2n) is 9.45. The fraction of sp³-hybridized carbons (Fsp3) is 0.417. The number of nitrogens with zero attached hydrogens (tertiary/aromatic N) is 9. The van der Waals surface area contributed by atoms with Crippen molar-refractivity contribution >= 4 is 41.7 Å². The first-order valence-electron chi connectivity index (χ1n) is 12.4. The number of piperidine rings is 1. The van der Waals surface area contributed by atoms with E-state index in [9.17, 15) is 9.90 Å². The fourth-order valence-corrected chi connectivity index (χ4v) is 5.13. The van der Waals surface area contributed by atoms with Gasteiger partial charge in [0.2, 0.25) is 17.7 Å². The predicted octanol–water partition coefficient (Wildman–Crippen LogP) is 1.92. The number of halogens is 1. The molecule has 200 valence electrons. The average Bonchev–Trinajstić information content (AvgIpc) is 3.60. The molecule has 4 aromatic heterocycles. The molecule has 38 heavy (non-hydrogen) atoms. The zero-order chi connectivity index (χ0) is 25.4. The van der Waals surface area contributed by atoms with Crippen molar-refractivity contribution in [1.82, 2.24) is 34.4 Å². The highest BCUT2D eigenvalue weighted by Crippen LogP contribution is 2.25. The van der Waals surface area contributed by atoms with E-state index < -0.39 is 5.97 Å². The average molecular weight is 541 g/mol. The Morgan fingerprint density at radius 3 is 2.71 bits per heavy atom. The molecule has 2 saturated heterocycles. The van der Waals surface area contributed by atoms with E-state index in [1.807, 2.05) is 6.07 Å². The third-order valence-corrected chi connectivity index (χ3v) is 6.98. The standard InChI is InChI=1S/C24H28N10O3.ClH/c25-22-28-23(29-24-27-20(30-34(22)24)19-4-2-12-37-19)33-7-1-3-16(15-33)14-31-8-10-32(11-9-31)17-5-6-26-18(13-17)21(35)36;/h2,4-6,12-13,16H,1,3,7-11,14-15H2,(H,35,36)(H2,25,27,28,29,30);1H. The number of nitrogens with two attached hydrogens (primary N) is 1. The molecule has 0 aromatic carbocycles. The molecule has 4 aromatic rings. The minimum atomic E-state index is -1.01. The van der Waals surface area contributed by atoms with Crippen LogP contribution in [0.5, 0.6) is 0 Å². The molecule has 2 aliphatic heterocycles. The number of pyridine rings is 1. The van der Waals surface area contributed by atoms with Gasteiger partial charge in [-0.3, -0.25) is 4.90 Å². The van der Waals surface area contributed by atoms with Gasteiger partial charge in [0, 0.05) is 57.7 Å². The molecule has 0 radical (unpaired) electrons. The summed E-state index contributed by atoms with van der Waals surface area (Å²) in [5.41, 5.74) is 7.19. The van der Waals surface area contributed by atoms with Crippen LogP contribution in [0.2, 0.25) is 0 Å². The zero-order valence-electron chi connectivity index (χ0n) is 20.7. The number of anilines is 3. The SMILES string of the molecule is Cl.Nc1nc(N2CCCC(CN3CCN(c4ccnc(C(=O)O)c4)CC3)C2)nc2nc(-c3ccco3)nn12. The Hall–Kier alpha value is -3.97. The maximum Gasteiger partial charge on any atom is 0.354 e. The Labute approximate surface area is 224 Å². The topological polar surface area (TPSA) is 155 Å². The maximum atomic E-state index is 11.3. The van der Waals surface area contributed by atoms with Gasteiger partial charge in [0.05, 0.1) is 6.26 Å². The summed E-state index contributed by atoms with van der Waals surface area (Å²) < 4.78 is 6.83. The smallest absolute Gasteiger partial charge is 0.354 e. The van der Waals surface area contributed by atoms with E-state index in [1.54, 1.807) is 30.7 Å². The summed E-state index contributed by atoms with van der Waals surface area (Å²) in [6.07, 6.45) is 5.33. The molecule has 0 bridgehead atoms. The van der Waals surface area contributed by atoms with Crippen LogP contribution in [0.3, 0.4) is 0 Å². The first-order valence-corrected chi connectivity index (χ1v) is 12.4. The zero-order valence-corrected chi connectivity index (χ0v) is 21.5. The van der Waals surface area contributed by atoms with Crippen LogP contribution in [-0.2, 0) is 0 Å². The predicted molar refractivity (Wildman–Crippen MR) is 143 cm³/mol. The molecule has 0 aliphatic carbocycles. The normalized spacial score (nSPS) is 18.5. The van der Waals surface area contributed by atoms with Crippen molar-refractivity contribution < 1.29 is 14.3 Å². The lowest BCUT2D eigenvalue weighted by atomic mass is 9.97. The third-order valence-electron chi connectivity index (χ3n) is 6.98. The second-order valence-corrected chi connectivity index (χ2v) is 9.45. The van der Waals surface area contributed by atoms with Crippen molar-refractivity contribution in [2.24, 2.45) is 5.92 Å². The van der Waals surface area contributed by atoms with Crippen LogP contribution in [-0.4, -0.2) is 91.3 Å². The van der Waals surface area contributed by atoms with Crippen LogP contribution < -0.4 is 15.5 Å². The van der Waals surface area contributed by atoms with E-state index in [0.717, 1.165) is 64.3 Å². The van der Waals surface area contributed by atoms with E-state index in [2.05, 4.69) is 39.7 Å². The molecule has 0 spiro atoms. The van der Waals surface area contributed by atoms with Crippen molar-refractivity contribution in [1.29, 1.82) is 0 Å². The Morgan fingerprint density at radius 2 is 1.95 bits per heavy atom. The highest BCUT2D eigenvalue weighted by atomic mass is 35.5. The number of carbonyl (C=O) groups is 1. The molecule has 0 saturated carbocycles. The maximum absolute atomic E-state index is 11.3. The van der Waals surface area contributed by atoms with E-state index in [-0.39, 0.29) is 24.0 Å². The summed E-state index contributed by atoms with van der Waals surface area (Å²) in [5.74, 6) is 1.66. The summed E-state index contributed by atoms with van der Waals surface area (Å²) in [7, 11) is 0. The number of nitrogen functional groups attached to an aromatic ring is 1. The van der Waals surface area contributed by atoms with Crippen LogP contribution in [0.4, 0.5) is 17.6 Å². The van der Waals surface area contributed by atoms with Gasteiger partial charge in [-0.05, 0) is 43.0 Å². The molecule has 3 N–H and O–H groups in total. The highest BCUT2D eigenvalue weighted by molar-refractivity contribution is 5.86. The second kappa shape index (κ2) is 10.8. The number of furan rings is 1. The number of piperazine rings is 1. The van der Waals surface area contributed by atoms with Gasteiger partial charge in [-0.25, -0.2) is 9.78 Å². The summed E-state index contributed by atoms with van der Waals surface area (Å²) >= 11 is 0. The van der Waals surface area contributed by atoms with Gasteiger partial charge in [-0.1, -0.05) is 0 Å². The first kappa shape index (κ1) is 25.7. The molecule has 6 rings (SSSR count). The minimum absolute atomic E-state index is 0. The largest absolute Gasteiger partial charge is 0.477 e. The van der Waals surface area contributed by atoms with Gasteiger partial charge in [-0.2, -0.15) is 19.5 Å². The van der Waals surface area contributed by atoms with Gasteiger partial charge in [0.25, 0.3) is 5.78 Å². The van der Waals surface area contributed by atoms with Crippen molar-refractivity contribution in [3.05, 3.63) is 42.4 Å². The number of hydrogen-bond donors (Lipinski definition) is 2. The van der Waals surface area contributed by atoms with Crippen LogP contribution in [0.15, 0.2) is 41.1 Å².